The highest BCUT2D eigenvalue weighted by atomic mass is 32.2. The van der Waals surface area contributed by atoms with Gasteiger partial charge in [-0.2, -0.15) is 0 Å². The van der Waals surface area contributed by atoms with E-state index in [9.17, 15) is 9.18 Å². The Bertz CT molecular complexity index is 1280. The number of hydrogen-bond acceptors (Lipinski definition) is 6. The largest absolute Gasteiger partial charge is 0.300 e. The number of halogens is 1. The third-order valence-corrected chi connectivity index (χ3v) is 6.08. The van der Waals surface area contributed by atoms with Crippen LogP contribution in [-0.2, 0) is 5.75 Å². The molecule has 1 unspecified atom stereocenters. The number of aryl methyl sites for hydroxylation is 1. The Hall–Kier alpha value is -3.04. The number of pyridine rings is 1. The Kier molecular flexibility index (Phi) is 5.88. The summed E-state index contributed by atoms with van der Waals surface area (Å²) in [5.74, 6) is 0.903. The average Bonchev–Trinajstić information content (AvgIpc) is 3.15. The molecule has 0 N–H and O–H groups in total. The van der Waals surface area contributed by atoms with Crippen LogP contribution in [0.15, 0.2) is 58.6 Å². The van der Waals surface area contributed by atoms with Crippen LogP contribution in [-0.4, -0.2) is 43.1 Å². The number of aromatic nitrogens is 5. The Balaban J connectivity index is 1.69. The van der Waals surface area contributed by atoms with Gasteiger partial charge in [-0.15, -0.1) is 10.2 Å². The maximum absolute atomic E-state index is 13.5. The quantitative estimate of drug-likeness (QED) is 0.428. The highest BCUT2D eigenvalue weighted by Crippen LogP contribution is 2.28. The predicted octanol–water partition coefficient (Wildman–Crippen LogP) is 3.64. The summed E-state index contributed by atoms with van der Waals surface area (Å²) >= 11 is 1.44. The Morgan fingerprint density at radius 2 is 1.87 bits per heavy atom. The van der Waals surface area contributed by atoms with Crippen LogP contribution in [0.25, 0.3) is 11.3 Å². The molecule has 4 rings (SSSR count). The van der Waals surface area contributed by atoms with Crippen molar-refractivity contribution in [3.05, 3.63) is 81.9 Å². The van der Waals surface area contributed by atoms with E-state index in [4.69, 9.17) is 0 Å². The van der Waals surface area contributed by atoms with E-state index in [1.807, 2.05) is 49.5 Å². The van der Waals surface area contributed by atoms with Gasteiger partial charge in [0.1, 0.15) is 11.5 Å². The first kappa shape index (κ1) is 21.2. The van der Waals surface area contributed by atoms with Crippen LogP contribution >= 0.6 is 11.8 Å². The van der Waals surface area contributed by atoms with Crippen LogP contribution in [0.2, 0.25) is 0 Å². The minimum atomic E-state index is -0.302. The number of nitrogens with zero attached hydrogens (tertiary/aromatic N) is 6. The highest BCUT2D eigenvalue weighted by molar-refractivity contribution is 7.98. The molecule has 160 valence electrons. The number of benzene rings is 1. The lowest BCUT2D eigenvalue weighted by molar-refractivity contribution is 0.305. The smallest absolute Gasteiger partial charge is 0.258 e. The molecule has 3 heterocycles. The number of thioether (sulfide) groups is 1. The van der Waals surface area contributed by atoms with Crippen LogP contribution in [0.1, 0.15) is 30.0 Å². The molecule has 0 aliphatic rings. The number of rotatable bonds is 6. The maximum atomic E-state index is 13.5. The zero-order valence-corrected chi connectivity index (χ0v) is 18.6. The Morgan fingerprint density at radius 3 is 2.58 bits per heavy atom. The summed E-state index contributed by atoms with van der Waals surface area (Å²) in [7, 11) is 3.94. The molecule has 4 aromatic rings. The van der Waals surface area contributed by atoms with Gasteiger partial charge in [0.25, 0.3) is 5.56 Å². The van der Waals surface area contributed by atoms with Gasteiger partial charge in [-0.05, 0) is 69.9 Å². The lowest BCUT2D eigenvalue weighted by atomic mass is 10.2. The van der Waals surface area contributed by atoms with Crippen LogP contribution in [0.3, 0.4) is 0 Å². The molecule has 0 spiro atoms. The standard InChI is InChI=1S/C22H23FN6OS/c1-14-9-10-28-19(11-14)24-17(12-20(28)30)13-31-22-26-25-21(15(2)27(3)4)29(22)18-7-5-16(23)6-8-18/h5-12,15H,13H2,1-4H3. The predicted molar refractivity (Wildman–Crippen MR) is 119 cm³/mol. The van der Waals surface area contributed by atoms with Crippen LogP contribution in [0, 0.1) is 12.7 Å². The van der Waals surface area contributed by atoms with Gasteiger partial charge >= 0.3 is 0 Å². The van der Waals surface area contributed by atoms with Crippen molar-refractivity contribution >= 4 is 17.4 Å². The first-order valence-corrected chi connectivity index (χ1v) is 10.8. The average molecular weight is 439 g/mol. The highest BCUT2D eigenvalue weighted by Gasteiger charge is 2.21. The molecule has 0 aliphatic heterocycles. The van der Waals surface area contributed by atoms with Crippen LogP contribution in [0.4, 0.5) is 4.39 Å². The molecule has 3 aromatic heterocycles. The summed E-state index contributed by atoms with van der Waals surface area (Å²) in [6.45, 7) is 4.00. The van der Waals surface area contributed by atoms with Gasteiger partial charge in [-0.3, -0.25) is 18.7 Å². The molecule has 9 heteroatoms. The second-order valence-electron chi connectivity index (χ2n) is 7.60. The normalized spacial score (nSPS) is 12.6. The van der Waals surface area contributed by atoms with Gasteiger partial charge in [0, 0.05) is 23.7 Å². The molecule has 0 bridgehead atoms. The SMILES string of the molecule is Cc1ccn2c(=O)cc(CSc3nnc(C(C)N(C)C)n3-c3ccc(F)cc3)nc2c1. The van der Waals surface area contributed by atoms with Crippen molar-refractivity contribution in [2.24, 2.45) is 0 Å². The van der Waals surface area contributed by atoms with Crippen molar-refractivity contribution in [2.75, 3.05) is 14.1 Å². The molecule has 1 atom stereocenters. The van der Waals surface area contributed by atoms with Gasteiger partial charge < -0.3 is 0 Å². The molecular formula is C22H23FN6OS. The third kappa shape index (κ3) is 4.38. The Morgan fingerprint density at radius 1 is 1.13 bits per heavy atom. The zero-order valence-electron chi connectivity index (χ0n) is 17.8. The third-order valence-electron chi connectivity index (χ3n) is 5.12. The van der Waals surface area contributed by atoms with E-state index in [0.717, 1.165) is 17.1 Å². The van der Waals surface area contributed by atoms with Crippen molar-refractivity contribution in [1.82, 2.24) is 29.0 Å². The topological polar surface area (TPSA) is 68.3 Å². The molecule has 0 saturated carbocycles. The second kappa shape index (κ2) is 8.60. The second-order valence-corrected chi connectivity index (χ2v) is 8.54. The van der Waals surface area contributed by atoms with Gasteiger partial charge in [0.05, 0.1) is 11.7 Å². The van der Waals surface area contributed by atoms with Crippen LogP contribution < -0.4 is 5.56 Å². The summed E-state index contributed by atoms with van der Waals surface area (Å²) in [5, 5.41) is 9.43. The van der Waals surface area contributed by atoms with E-state index in [1.54, 1.807) is 18.3 Å². The lowest BCUT2D eigenvalue weighted by Gasteiger charge is -2.20. The molecule has 0 saturated heterocycles. The maximum Gasteiger partial charge on any atom is 0.258 e. The molecule has 31 heavy (non-hydrogen) atoms. The van der Waals surface area contributed by atoms with E-state index in [0.29, 0.717) is 22.3 Å². The van der Waals surface area contributed by atoms with Crippen LogP contribution in [0.5, 0.6) is 0 Å². The summed E-state index contributed by atoms with van der Waals surface area (Å²) in [4.78, 5) is 19.1. The molecule has 1 aromatic carbocycles. The summed E-state index contributed by atoms with van der Waals surface area (Å²) in [6, 6.07) is 11.5. The van der Waals surface area contributed by atoms with E-state index in [-0.39, 0.29) is 17.4 Å². The Labute approximate surface area is 183 Å². The molecule has 0 fully saturated rings. The summed E-state index contributed by atoms with van der Waals surface area (Å²) in [6.07, 6.45) is 1.73. The van der Waals surface area contributed by atoms with E-state index in [2.05, 4.69) is 15.2 Å². The number of fused-ring (bicyclic) bond motifs is 1. The molecule has 0 radical (unpaired) electrons. The monoisotopic (exact) mass is 438 g/mol. The molecule has 0 aliphatic carbocycles. The zero-order chi connectivity index (χ0) is 22.1. The molecule has 7 nitrogen and oxygen atoms in total. The number of hydrogen-bond donors (Lipinski definition) is 0. The van der Waals surface area contributed by atoms with E-state index < -0.39 is 0 Å². The van der Waals surface area contributed by atoms with Crippen molar-refractivity contribution < 1.29 is 4.39 Å². The lowest BCUT2D eigenvalue weighted by Crippen LogP contribution is -2.20. The molecular weight excluding hydrogens is 415 g/mol. The summed E-state index contributed by atoms with van der Waals surface area (Å²) in [5.41, 5.74) is 2.97. The first-order chi connectivity index (χ1) is 14.8. The van der Waals surface area contributed by atoms with Gasteiger partial charge in [0.15, 0.2) is 11.0 Å². The van der Waals surface area contributed by atoms with Gasteiger partial charge in [-0.25, -0.2) is 9.37 Å². The summed E-state index contributed by atoms with van der Waals surface area (Å²) < 4.78 is 16.9. The van der Waals surface area contributed by atoms with Crippen molar-refractivity contribution in [3.63, 3.8) is 0 Å². The van der Waals surface area contributed by atoms with E-state index >= 15 is 0 Å². The fraction of sp³-hybridized carbons (Fsp3) is 0.273. The van der Waals surface area contributed by atoms with Crippen molar-refractivity contribution in [3.8, 4) is 5.69 Å². The van der Waals surface area contributed by atoms with Crippen molar-refractivity contribution in [2.45, 2.75) is 30.8 Å². The first-order valence-electron chi connectivity index (χ1n) is 9.83. The minimum Gasteiger partial charge on any atom is -0.300 e. The minimum absolute atomic E-state index is 0.00156. The molecule has 0 amide bonds. The fourth-order valence-corrected chi connectivity index (χ4v) is 4.03. The van der Waals surface area contributed by atoms with E-state index in [1.165, 1.54) is 34.4 Å². The fourth-order valence-electron chi connectivity index (χ4n) is 3.18. The van der Waals surface area contributed by atoms with Gasteiger partial charge in [-0.1, -0.05) is 11.8 Å². The van der Waals surface area contributed by atoms with Crippen molar-refractivity contribution in [1.29, 1.82) is 0 Å². The van der Waals surface area contributed by atoms with Gasteiger partial charge in [0.2, 0.25) is 0 Å².